The summed E-state index contributed by atoms with van der Waals surface area (Å²) in [5.41, 5.74) is 3.98. The van der Waals surface area contributed by atoms with Crippen LogP contribution in [-0.4, -0.2) is 40.8 Å². The van der Waals surface area contributed by atoms with Gasteiger partial charge in [-0.2, -0.15) is 0 Å². The molecule has 4 aromatic rings. The first kappa shape index (κ1) is 25.6. The van der Waals surface area contributed by atoms with Gasteiger partial charge in [0.25, 0.3) is 5.91 Å². The number of benzene rings is 3. The molecule has 0 aliphatic rings. The molecule has 0 aliphatic carbocycles. The maximum Gasteiger partial charge on any atom is 0.262 e. The summed E-state index contributed by atoms with van der Waals surface area (Å²) in [6, 6.07) is 16.3. The smallest absolute Gasteiger partial charge is 0.262 e. The predicted molar refractivity (Wildman–Crippen MR) is 145 cm³/mol. The average molecular weight is 503 g/mol. The topological polar surface area (TPSA) is 90.2 Å². The van der Waals surface area contributed by atoms with Crippen molar-refractivity contribution in [3.8, 4) is 28.6 Å². The minimum atomic E-state index is -0.406. The van der Waals surface area contributed by atoms with Crippen molar-refractivity contribution in [3.63, 3.8) is 0 Å². The Labute approximate surface area is 215 Å². The number of amides is 1. The van der Waals surface area contributed by atoms with Gasteiger partial charge in [0.2, 0.25) is 11.2 Å². The molecule has 0 radical (unpaired) electrons. The zero-order valence-electron chi connectivity index (χ0n) is 21.8. The van der Waals surface area contributed by atoms with Crippen LogP contribution in [-0.2, 0) is 4.79 Å². The third kappa shape index (κ3) is 5.38. The predicted octanol–water partition coefficient (Wildman–Crippen LogP) is 5.18. The third-order valence-corrected chi connectivity index (χ3v) is 5.96. The molecule has 0 fully saturated rings. The largest absolute Gasteiger partial charge is 0.493 e. The van der Waals surface area contributed by atoms with E-state index in [-0.39, 0.29) is 23.5 Å². The summed E-state index contributed by atoms with van der Waals surface area (Å²) in [6.07, 6.45) is 0. The number of anilines is 2. The fourth-order valence-electron chi connectivity index (χ4n) is 4.15. The van der Waals surface area contributed by atoms with Crippen molar-refractivity contribution < 1.29 is 23.4 Å². The minimum absolute atomic E-state index is 0.0511. The quantitative estimate of drug-likeness (QED) is 0.355. The second kappa shape index (κ2) is 10.7. The molecule has 3 aromatic carbocycles. The molecule has 1 N–H and O–H groups in total. The molecule has 4 rings (SSSR count). The van der Waals surface area contributed by atoms with Gasteiger partial charge in [-0.3, -0.25) is 9.59 Å². The number of methoxy groups -OCH3 is 2. The number of ether oxygens (including phenoxy) is 3. The number of carbonyl (C=O) groups excluding carboxylic acids is 1. The molecule has 37 heavy (non-hydrogen) atoms. The number of carbonyl (C=O) groups is 1. The first-order chi connectivity index (χ1) is 17.7. The van der Waals surface area contributed by atoms with E-state index in [2.05, 4.69) is 5.32 Å². The summed E-state index contributed by atoms with van der Waals surface area (Å²) in [5.74, 6) is 0.739. The van der Waals surface area contributed by atoms with Crippen LogP contribution in [0.15, 0.2) is 63.8 Å². The van der Waals surface area contributed by atoms with Gasteiger partial charge in [-0.1, -0.05) is 6.07 Å². The number of nitrogens with zero attached hydrogens (tertiary/aromatic N) is 1. The van der Waals surface area contributed by atoms with Crippen molar-refractivity contribution in [1.82, 2.24) is 0 Å². The first-order valence-corrected chi connectivity index (χ1v) is 11.7. The van der Waals surface area contributed by atoms with Gasteiger partial charge in [-0.15, -0.1) is 0 Å². The Bertz CT molecular complexity index is 1510. The van der Waals surface area contributed by atoms with Crippen LogP contribution in [0.25, 0.3) is 22.3 Å². The molecule has 8 heteroatoms. The molecule has 1 aromatic heterocycles. The van der Waals surface area contributed by atoms with Gasteiger partial charge in [0.1, 0.15) is 5.58 Å². The molecule has 0 spiro atoms. The monoisotopic (exact) mass is 502 g/mol. The van der Waals surface area contributed by atoms with Gasteiger partial charge in [0, 0.05) is 31.0 Å². The highest BCUT2D eigenvalue weighted by Crippen LogP contribution is 2.37. The molecule has 0 unspecified atom stereocenters. The Balaban J connectivity index is 1.71. The lowest BCUT2D eigenvalue weighted by Crippen LogP contribution is -2.23. The zero-order chi connectivity index (χ0) is 26.7. The van der Waals surface area contributed by atoms with Crippen molar-refractivity contribution >= 4 is 28.3 Å². The first-order valence-electron chi connectivity index (χ1n) is 11.7. The third-order valence-electron chi connectivity index (χ3n) is 5.96. The SMILES string of the molecule is COc1ccc(-c2oc3cc(C)cc(C)c3c(=O)c2OCC(=O)Nc2ccc(N(C)C)cc2)cc1OC. The highest BCUT2D eigenvalue weighted by Gasteiger charge is 2.21. The highest BCUT2D eigenvalue weighted by molar-refractivity contribution is 5.92. The summed E-state index contributed by atoms with van der Waals surface area (Å²) in [6.45, 7) is 3.40. The van der Waals surface area contributed by atoms with E-state index in [0.717, 1.165) is 16.8 Å². The van der Waals surface area contributed by atoms with Gasteiger partial charge in [0.05, 0.1) is 19.6 Å². The Kier molecular flexibility index (Phi) is 7.38. The van der Waals surface area contributed by atoms with E-state index in [9.17, 15) is 9.59 Å². The van der Waals surface area contributed by atoms with Crippen LogP contribution in [0.3, 0.4) is 0 Å². The van der Waals surface area contributed by atoms with Crippen molar-refractivity contribution in [1.29, 1.82) is 0 Å². The Morgan fingerprint density at radius 1 is 0.946 bits per heavy atom. The number of aryl methyl sites for hydroxylation is 2. The number of rotatable bonds is 8. The van der Waals surface area contributed by atoms with Crippen molar-refractivity contribution in [2.45, 2.75) is 13.8 Å². The molecular weight excluding hydrogens is 472 g/mol. The highest BCUT2D eigenvalue weighted by atomic mass is 16.5. The molecule has 0 saturated heterocycles. The molecular formula is C29H30N2O6. The molecule has 0 aliphatic heterocycles. The molecule has 192 valence electrons. The molecule has 8 nitrogen and oxygen atoms in total. The molecule has 1 amide bonds. The van der Waals surface area contributed by atoms with Gasteiger partial charge in [-0.25, -0.2) is 0 Å². The average Bonchev–Trinajstić information content (AvgIpc) is 2.87. The van der Waals surface area contributed by atoms with Crippen LogP contribution in [0.1, 0.15) is 11.1 Å². The van der Waals surface area contributed by atoms with E-state index < -0.39 is 5.91 Å². The lowest BCUT2D eigenvalue weighted by Gasteiger charge is -2.15. The second-order valence-electron chi connectivity index (χ2n) is 8.89. The van der Waals surface area contributed by atoms with Crippen molar-refractivity contribution in [3.05, 3.63) is 75.9 Å². The zero-order valence-corrected chi connectivity index (χ0v) is 21.8. The minimum Gasteiger partial charge on any atom is -0.493 e. The van der Waals surface area contributed by atoms with Crippen molar-refractivity contribution in [2.24, 2.45) is 0 Å². The van der Waals surface area contributed by atoms with E-state index in [1.807, 2.05) is 57.1 Å². The van der Waals surface area contributed by atoms with Crippen LogP contribution < -0.4 is 29.9 Å². The second-order valence-corrected chi connectivity index (χ2v) is 8.89. The van der Waals surface area contributed by atoms with Gasteiger partial charge in [-0.05, 0) is 73.5 Å². The van der Waals surface area contributed by atoms with E-state index in [4.69, 9.17) is 18.6 Å². The van der Waals surface area contributed by atoms with Crippen LogP contribution in [0.4, 0.5) is 11.4 Å². The fraction of sp³-hybridized carbons (Fsp3) is 0.241. The van der Waals surface area contributed by atoms with Gasteiger partial charge >= 0.3 is 0 Å². The Morgan fingerprint density at radius 2 is 1.65 bits per heavy atom. The maximum absolute atomic E-state index is 13.6. The van der Waals surface area contributed by atoms with Crippen molar-refractivity contribution in [2.75, 3.05) is 45.1 Å². The molecule has 0 saturated carbocycles. The lowest BCUT2D eigenvalue weighted by atomic mass is 10.0. The summed E-state index contributed by atoms with van der Waals surface area (Å²) in [4.78, 5) is 28.3. The van der Waals surface area contributed by atoms with Crippen LogP contribution in [0, 0.1) is 13.8 Å². The summed E-state index contributed by atoms with van der Waals surface area (Å²) in [7, 11) is 6.95. The maximum atomic E-state index is 13.6. The Morgan fingerprint density at radius 3 is 2.30 bits per heavy atom. The van der Waals surface area contributed by atoms with E-state index in [1.54, 1.807) is 37.4 Å². The van der Waals surface area contributed by atoms with Gasteiger partial charge in [0.15, 0.2) is 23.9 Å². The number of hydrogen-bond donors (Lipinski definition) is 1. The normalized spacial score (nSPS) is 10.8. The molecule has 1 heterocycles. The summed E-state index contributed by atoms with van der Waals surface area (Å²) >= 11 is 0. The van der Waals surface area contributed by atoms with Crippen LogP contribution in [0.5, 0.6) is 17.2 Å². The van der Waals surface area contributed by atoms with E-state index in [1.165, 1.54) is 7.11 Å². The van der Waals surface area contributed by atoms with E-state index >= 15 is 0 Å². The summed E-state index contributed by atoms with van der Waals surface area (Å²) < 4.78 is 22.8. The fourth-order valence-corrected chi connectivity index (χ4v) is 4.15. The van der Waals surface area contributed by atoms with Gasteiger partial charge < -0.3 is 28.8 Å². The Hall–Kier alpha value is -4.46. The molecule has 0 atom stereocenters. The standard InChI is InChI=1S/C29H30N2O6/c1-17-13-18(2)26-24(14-17)37-28(19-7-12-22(34-5)23(15-19)35-6)29(27(26)33)36-16-25(32)30-20-8-10-21(11-9-20)31(3)4/h7-15H,16H2,1-6H3,(H,30,32). The number of fused-ring (bicyclic) bond motifs is 1. The van der Waals surface area contributed by atoms with Crippen LogP contribution in [0.2, 0.25) is 0 Å². The molecule has 0 bridgehead atoms. The van der Waals surface area contributed by atoms with Crippen LogP contribution >= 0.6 is 0 Å². The summed E-state index contributed by atoms with van der Waals surface area (Å²) in [5, 5.41) is 3.20. The van der Waals surface area contributed by atoms with E-state index in [0.29, 0.717) is 33.7 Å². The number of hydrogen-bond acceptors (Lipinski definition) is 7. The lowest BCUT2D eigenvalue weighted by molar-refractivity contribution is -0.118. The number of nitrogens with one attached hydrogen (secondary N) is 1.